The van der Waals surface area contributed by atoms with Gasteiger partial charge in [0.05, 0.1) is 29.6 Å². The molecule has 2 aromatic rings. The summed E-state index contributed by atoms with van der Waals surface area (Å²) in [6.45, 7) is 2.82. The number of anilines is 2. The monoisotopic (exact) mass is 479 g/mol. The van der Waals surface area contributed by atoms with Gasteiger partial charge in [-0.3, -0.25) is 19.3 Å². The summed E-state index contributed by atoms with van der Waals surface area (Å²) in [6, 6.07) is 12.4. The van der Waals surface area contributed by atoms with E-state index in [1.807, 2.05) is 0 Å². The standard InChI is InChI=1S/C25H25N3O7/c1-15(2)27-22(31)17-9-5-7-11-19(17)28-21(30)12-13-25(27,28)24(33)35-14-20(29)26-18-10-6-4-8-16(18)23(32)34-3/h4-11,15H,12-14H2,1-3H3,(H,26,29). The molecule has 2 aliphatic heterocycles. The van der Waals surface area contributed by atoms with Crippen LogP contribution < -0.4 is 10.2 Å². The topological polar surface area (TPSA) is 122 Å². The molecule has 0 aliphatic carbocycles. The first kappa shape index (κ1) is 23.9. The smallest absolute Gasteiger partial charge is 0.354 e. The van der Waals surface area contributed by atoms with Gasteiger partial charge in [0.25, 0.3) is 11.8 Å². The Morgan fingerprint density at radius 2 is 1.74 bits per heavy atom. The van der Waals surface area contributed by atoms with E-state index in [4.69, 9.17) is 9.47 Å². The lowest BCUT2D eigenvalue weighted by atomic mass is 9.95. The SMILES string of the molecule is COC(=O)c1ccccc1NC(=O)COC(=O)C12CCC(=O)N1c1ccccc1C(=O)N2C(C)C. The van der Waals surface area contributed by atoms with Gasteiger partial charge >= 0.3 is 11.9 Å². The van der Waals surface area contributed by atoms with Crippen molar-refractivity contribution in [3.8, 4) is 0 Å². The minimum absolute atomic E-state index is 0.0374. The minimum atomic E-state index is -1.69. The Morgan fingerprint density at radius 1 is 1.06 bits per heavy atom. The molecule has 0 radical (unpaired) electrons. The van der Waals surface area contributed by atoms with Crippen molar-refractivity contribution in [1.29, 1.82) is 0 Å². The van der Waals surface area contributed by atoms with Crippen LogP contribution >= 0.6 is 0 Å². The normalized spacial score (nSPS) is 18.7. The van der Waals surface area contributed by atoms with Gasteiger partial charge < -0.3 is 19.7 Å². The third-order valence-electron chi connectivity index (χ3n) is 6.08. The zero-order valence-corrected chi connectivity index (χ0v) is 19.6. The number of ether oxygens (including phenoxy) is 2. The number of amides is 3. The lowest BCUT2D eigenvalue weighted by Crippen LogP contribution is -2.70. The van der Waals surface area contributed by atoms with Crippen LogP contribution in [0.25, 0.3) is 0 Å². The fourth-order valence-corrected chi connectivity index (χ4v) is 4.69. The van der Waals surface area contributed by atoms with Crippen LogP contribution in [0.15, 0.2) is 48.5 Å². The van der Waals surface area contributed by atoms with Gasteiger partial charge in [0.2, 0.25) is 11.6 Å². The number of hydrogen-bond donors (Lipinski definition) is 1. The van der Waals surface area contributed by atoms with E-state index in [0.717, 1.165) is 0 Å². The summed E-state index contributed by atoms with van der Waals surface area (Å²) in [6.07, 6.45) is 0.0777. The summed E-state index contributed by atoms with van der Waals surface area (Å²) in [7, 11) is 1.22. The first-order valence-electron chi connectivity index (χ1n) is 11.1. The van der Waals surface area contributed by atoms with Crippen molar-refractivity contribution in [2.24, 2.45) is 0 Å². The third kappa shape index (κ3) is 3.90. The summed E-state index contributed by atoms with van der Waals surface area (Å²) >= 11 is 0. The number of para-hydroxylation sites is 2. The van der Waals surface area contributed by atoms with Crippen molar-refractivity contribution in [2.75, 3.05) is 23.9 Å². The Hall–Kier alpha value is -4.21. The molecule has 1 unspecified atom stereocenters. The number of nitrogens with one attached hydrogen (secondary N) is 1. The van der Waals surface area contributed by atoms with E-state index in [1.165, 1.54) is 29.0 Å². The zero-order chi connectivity index (χ0) is 25.3. The Kier molecular flexibility index (Phi) is 6.29. The average Bonchev–Trinajstić information content (AvgIpc) is 3.20. The number of hydrogen-bond acceptors (Lipinski definition) is 7. The van der Waals surface area contributed by atoms with Gasteiger partial charge in [0.15, 0.2) is 6.61 Å². The van der Waals surface area contributed by atoms with E-state index in [-0.39, 0.29) is 30.0 Å². The number of rotatable bonds is 6. The highest BCUT2D eigenvalue weighted by Crippen LogP contribution is 2.45. The predicted octanol–water partition coefficient (Wildman–Crippen LogP) is 2.34. The number of benzene rings is 2. The number of esters is 2. The van der Waals surface area contributed by atoms with Crippen LogP contribution in [0.2, 0.25) is 0 Å². The Bertz CT molecular complexity index is 1230. The van der Waals surface area contributed by atoms with Gasteiger partial charge in [-0.05, 0) is 38.1 Å². The maximum absolute atomic E-state index is 13.5. The number of carbonyl (C=O) groups excluding carboxylic acids is 5. The first-order chi connectivity index (χ1) is 16.7. The van der Waals surface area contributed by atoms with Gasteiger partial charge in [-0.25, -0.2) is 9.59 Å². The average molecular weight is 479 g/mol. The molecule has 2 aliphatic rings. The van der Waals surface area contributed by atoms with Crippen LogP contribution in [0.1, 0.15) is 47.4 Å². The second kappa shape index (κ2) is 9.21. The molecule has 0 saturated carbocycles. The van der Waals surface area contributed by atoms with Gasteiger partial charge in [-0.1, -0.05) is 24.3 Å². The highest BCUT2D eigenvalue weighted by Gasteiger charge is 2.62. The molecule has 3 amide bonds. The maximum atomic E-state index is 13.5. The van der Waals surface area contributed by atoms with Gasteiger partial charge in [-0.15, -0.1) is 0 Å². The summed E-state index contributed by atoms with van der Waals surface area (Å²) in [4.78, 5) is 67.0. The molecular formula is C25H25N3O7. The molecule has 10 heteroatoms. The molecule has 10 nitrogen and oxygen atoms in total. The molecule has 1 fully saturated rings. The minimum Gasteiger partial charge on any atom is -0.465 e. The molecule has 2 heterocycles. The summed E-state index contributed by atoms with van der Waals surface area (Å²) in [5, 5.41) is 2.53. The van der Waals surface area contributed by atoms with Crippen LogP contribution in [-0.2, 0) is 23.9 Å². The quantitative estimate of drug-likeness (QED) is 0.631. The predicted molar refractivity (Wildman–Crippen MR) is 125 cm³/mol. The molecule has 2 aromatic carbocycles. The lowest BCUT2D eigenvalue weighted by molar-refractivity contribution is -0.160. The zero-order valence-electron chi connectivity index (χ0n) is 19.6. The molecule has 0 aromatic heterocycles. The van der Waals surface area contributed by atoms with Crippen molar-refractivity contribution in [2.45, 2.75) is 38.4 Å². The van der Waals surface area contributed by atoms with Crippen LogP contribution in [0, 0.1) is 0 Å². The lowest BCUT2D eigenvalue weighted by Gasteiger charge is -2.50. The summed E-state index contributed by atoms with van der Waals surface area (Å²) in [5.41, 5.74) is -0.702. The van der Waals surface area contributed by atoms with Crippen LogP contribution in [0.5, 0.6) is 0 Å². The van der Waals surface area contributed by atoms with E-state index in [9.17, 15) is 24.0 Å². The van der Waals surface area contributed by atoms with E-state index in [1.54, 1.807) is 50.2 Å². The van der Waals surface area contributed by atoms with Crippen LogP contribution in [-0.4, -0.2) is 60.0 Å². The van der Waals surface area contributed by atoms with Crippen molar-refractivity contribution >= 4 is 41.0 Å². The number of fused-ring (bicyclic) bond motifs is 3. The molecular weight excluding hydrogens is 454 g/mol. The van der Waals surface area contributed by atoms with Crippen molar-refractivity contribution in [1.82, 2.24) is 4.90 Å². The summed E-state index contributed by atoms with van der Waals surface area (Å²) in [5.74, 6) is -2.92. The number of carbonyl (C=O) groups is 5. The maximum Gasteiger partial charge on any atom is 0.354 e. The van der Waals surface area contributed by atoms with Crippen molar-refractivity contribution in [3.05, 3.63) is 59.7 Å². The molecule has 182 valence electrons. The van der Waals surface area contributed by atoms with E-state index in [2.05, 4.69) is 5.32 Å². The fourth-order valence-electron chi connectivity index (χ4n) is 4.69. The highest BCUT2D eigenvalue weighted by atomic mass is 16.5. The molecule has 0 bridgehead atoms. The molecule has 1 saturated heterocycles. The van der Waals surface area contributed by atoms with E-state index < -0.39 is 42.1 Å². The molecule has 4 rings (SSSR count). The van der Waals surface area contributed by atoms with Crippen LogP contribution in [0.4, 0.5) is 11.4 Å². The number of methoxy groups -OCH3 is 1. The molecule has 1 N–H and O–H groups in total. The van der Waals surface area contributed by atoms with E-state index in [0.29, 0.717) is 11.3 Å². The second-order valence-electron chi connectivity index (χ2n) is 8.49. The molecule has 35 heavy (non-hydrogen) atoms. The van der Waals surface area contributed by atoms with Gasteiger partial charge in [0, 0.05) is 18.9 Å². The van der Waals surface area contributed by atoms with E-state index >= 15 is 0 Å². The summed E-state index contributed by atoms with van der Waals surface area (Å²) < 4.78 is 10.1. The number of nitrogens with zero attached hydrogens (tertiary/aromatic N) is 2. The Labute approximate surface area is 201 Å². The molecule has 0 spiro atoms. The third-order valence-corrected chi connectivity index (χ3v) is 6.08. The second-order valence-corrected chi connectivity index (χ2v) is 8.49. The van der Waals surface area contributed by atoms with Crippen molar-refractivity contribution < 1.29 is 33.4 Å². The van der Waals surface area contributed by atoms with Crippen molar-refractivity contribution in [3.63, 3.8) is 0 Å². The largest absolute Gasteiger partial charge is 0.465 e. The van der Waals surface area contributed by atoms with Crippen LogP contribution in [0.3, 0.4) is 0 Å². The molecule has 1 atom stereocenters. The Balaban J connectivity index is 1.60. The van der Waals surface area contributed by atoms with Gasteiger partial charge in [0.1, 0.15) is 0 Å². The van der Waals surface area contributed by atoms with Gasteiger partial charge in [-0.2, -0.15) is 0 Å². The fraction of sp³-hybridized carbons (Fsp3) is 0.320. The highest BCUT2D eigenvalue weighted by molar-refractivity contribution is 6.15. The Morgan fingerprint density at radius 3 is 2.46 bits per heavy atom. The first-order valence-corrected chi connectivity index (χ1v) is 11.1.